The molecular formula is C28H26N4O3. The van der Waals surface area contributed by atoms with Gasteiger partial charge in [0.1, 0.15) is 11.5 Å². The number of nitrogens with zero attached hydrogens (tertiary/aromatic N) is 3. The lowest BCUT2D eigenvalue weighted by molar-refractivity contribution is -0.123. The Kier molecular flexibility index (Phi) is 7.47. The van der Waals surface area contributed by atoms with Gasteiger partial charge in [-0.05, 0) is 53.3 Å². The number of carbonyl (C=O) groups excluding carboxylic acids is 1. The number of fused-ring (bicyclic) bond motifs is 1. The standard InChI is InChI=1S/C28H26N4O3/c1-19(2)20-10-13-24(14-11-20)35-18-28(34)32-29-17-22-16-23(12-15-27(22)33)30-31-26-9-5-7-21-6-3-4-8-25(21)26/h3-17,19,33H,18H2,1-2H3,(H,32,34). The number of hydrazone groups is 1. The highest BCUT2D eigenvalue weighted by atomic mass is 16.5. The summed E-state index contributed by atoms with van der Waals surface area (Å²) in [5.74, 6) is 0.626. The molecule has 176 valence electrons. The number of aromatic hydroxyl groups is 1. The van der Waals surface area contributed by atoms with Crippen LogP contribution in [0.2, 0.25) is 0 Å². The maximum atomic E-state index is 12.1. The van der Waals surface area contributed by atoms with Crippen molar-refractivity contribution in [3.8, 4) is 11.5 Å². The van der Waals surface area contributed by atoms with Gasteiger partial charge in [-0.1, -0.05) is 62.4 Å². The zero-order valence-electron chi connectivity index (χ0n) is 19.6. The summed E-state index contributed by atoms with van der Waals surface area (Å²) in [5, 5.41) is 24.8. The summed E-state index contributed by atoms with van der Waals surface area (Å²) >= 11 is 0. The Hall–Kier alpha value is -4.52. The number of hydrogen-bond acceptors (Lipinski definition) is 6. The summed E-state index contributed by atoms with van der Waals surface area (Å²) in [4.78, 5) is 12.1. The van der Waals surface area contributed by atoms with E-state index in [0.29, 0.717) is 22.9 Å². The molecule has 0 aliphatic rings. The van der Waals surface area contributed by atoms with E-state index in [1.54, 1.807) is 12.1 Å². The van der Waals surface area contributed by atoms with Gasteiger partial charge in [-0.25, -0.2) is 5.43 Å². The monoisotopic (exact) mass is 466 g/mol. The van der Waals surface area contributed by atoms with E-state index in [0.717, 1.165) is 16.5 Å². The first-order valence-corrected chi connectivity index (χ1v) is 11.3. The number of nitrogens with one attached hydrogen (secondary N) is 1. The predicted octanol–water partition coefficient (Wildman–Crippen LogP) is 6.61. The minimum Gasteiger partial charge on any atom is -0.507 e. The lowest BCUT2D eigenvalue weighted by Crippen LogP contribution is -2.24. The van der Waals surface area contributed by atoms with Gasteiger partial charge >= 0.3 is 0 Å². The zero-order chi connectivity index (χ0) is 24.6. The van der Waals surface area contributed by atoms with Gasteiger partial charge < -0.3 is 9.84 Å². The van der Waals surface area contributed by atoms with Crippen LogP contribution in [0.25, 0.3) is 10.8 Å². The quantitative estimate of drug-likeness (QED) is 0.174. The second kappa shape index (κ2) is 11.1. The lowest BCUT2D eigenvalue weighted by atomic mass is 10.0. The fraction of sp³-hybridized carbons (Fsp3) is 0.143. The van der Waals surface area contributed by atoms with E-state index < -0.39 is 5.91 Å². The van der Waals surface area contributed by atoms with Crippen LogP contribution in [0.4, 0.5) is 11.4 Å². The van der Waals surface area contributed by atoms with Crippen molar-refractivity contribution in [1.82, 2.24) is 5.43 Å². The third-order valence-corrected chi connectivity index (χ3v) is 5.36. The Labute approximate surface area is 203 Å². The smallest absolute Gasteiger partial charge is 0.277 e. The summed E-state index contributed by atoms with van der Waals surface area (Å²) in [6.07, 6.45) is 1.35. The molecule has 0 aliphatic heterocycles. The second-order valence-corrected chi connectivity index (χ2v) is 8.25. The topological polar surface area (TPSA) is 95.6 Å². The number of rotatable bonds is 8. The molecule has 4 rings (SSSR count). The van der Waals surface area contributed by atoms with Crippen LogP contribution in [0, 0.1) is 0 Å². The molecule has 1 amide bonds. The van der Waals surface area contributed by atoms with Gasteiger partial charge in [0, 0.05) is 10.9 Å². The number of benzene rings is 4. The molecule has 0 aromatic heterocycles. The van der Waals surface area contributed by atoms with Gasteiger partial charge in [-0.3, -0.25) is 4.79 Å². The number of ether oxygens (including phenoxy) is 1. The normalized spacial score (nSPS) is 11.5. The summed E-state index contributed by atoms with van der Waals surface area (Å²) in [7, 11) is 0. The molecule has 7 heteroatoms. The molecule has 0 radical (unpaired) electrons. The Morgan fingerprint density at radius 1 is 0.971 bits per heavy atom. The van der Waals surface area contributed by atoms with Crippen LogP contribution in [-0.2, 0) is 4.79 Å². The summed E-state index contributed by atoms with van der Waals surface area (Å²) in [5.41, 5.74) is 5.27. The maximum absolute atomic E-state index is 12.1. The van der Waals surface area contributed by atoms with Gasteiger partial charge in [-0.15, -0.1) is 5.11 Å². The molecule has 0 fully saturated rings. The molecule has 0 spiro atoms. The van der Waals surface area contributed by atoms with Crippen LogP contribution in [0.15, 0.2) is 100 Å². The molecule has 35 heavy (non-hydrogen) atoms. The van der Waals surface area contributed by atoms with Crippen molar-refractivity contribution in [1.29, 1.82) is 0 Å². The van der Waals surface area contributed by atoms with E-state index in [2.05, 4.69) is 34.6 Å². The number of phenols is 1. The molecule has 0 aliphatic carbocycles. The van der Waals surface area contributed by atoms with Crippen LogP contribution < -0.4 is 10.2 Å². The van der Waals surface area contributed by atoms with Crippen molar-refractivity contribution in [3.05, 3.63) is 96.1 Å². The van der Waals surface area contributed by atoms with Crippen molar-refractivity contribution >= 4 is 34.3 Å². The maximum Gasteiger partial charge on any atom is 0.277 e. The Morgan fingerprint density at radius 3 is 2.54 bits per heavy atom. The SMILES string of the molecule is CC(C)c1ccc(OCC(=O)NN=Cc2cc(N=Nc3cccc4ccccc34)ccc2O)cc1. The van der Waals surface area contributed by atoms with E-state index in [1.165, 1.54) is 17.8 Å². The van der Waals surface area contributed by atoms with Crippen LogP contribution in [0.1, 0.15) is 30.9 Å². The third kappa shape index (κ3) is 6.29. The molecular weight excluding hydrogens is 440 g/mol. The molecule has 4 aromatic carbocycles. The number of carbonyl (C=O) groups is 1. The summed E-state index contributed by atoms with van der Waals surface area (Å²) in [6, 6.07) is 26.2. The van der Waals surface area contributed by atoms with Crippen LogP contribution >= 0.6 is 0 Å². The van der Waals surface area contributed by atoms with Crippen molar-refractivity contribution in [2.45, 2.75) is 19.8 Å². The molecule has 0 bridgehead atoms. The van der Waals surface area contributed by atoms with Crippen LogP contribution in [-0.4, -0.2) is 23.8 Å². The molecule has 0 heterocycles. The number of hydrogen-bond donors (Lipinski definition) is 2. The van der Waals surface area contributed by atoms with Crippen molar-refractivity contribution in [3.63, 3.8) is 0 Å². The molecule has 0 saturated carbocycles. The highest BCUT2D eigenvalue weighted by Gasteiger charge is 2.05. The van der Waals surface area contributed by atoms with Crippen molar-refractivity contribution < 1.29 is 14.6 Å². The van der Waals surface area contributed by atoms with Crippen LogP contribution in [0.5, 0.6) is 11.5 Å². The van der Waals surface area contributed by atoms with Gasteiger partial charge in [0.15, 0.2) is 6.61 Å². The van der Waals surface area contributed by atoms with Crippen molar-refractivity contribution in [2.24, 2.45) is 15.3 Å². The number of azo groups is 1. The molecule has 2 N–H and O–H groups in total. The van der Waals surface area contributed by atoms with Gasteiger partial charge in [-0.2, -0.15) is 10.2 Å². The Morgan fingerprint density at radius 2 is 1.74 bits per heavy atom. The third-order valence-electron chi connectivity index (χ3n) is 5.36. The van der Waals surface area contributed by atoms with Crippen molar-refractivity contribution in [2.75, 3.05) is 6.61 Å². The second-order valence-electron chi connectivity index (χ2n) is 8.25. The molecule has 4 aromatic rings. The Bertz CT molecular complexity index is 1370. The van der Waals surface area contributed by atoms with E-state index in [4.69, 9.17) is 4.74 Å². The van der Waals surface area contributed by atoms with Gasteiger partial charge in [0.2, 0.25) is 0 Å². The average molecular weight is 467 g/mol. The lowest BCUT2D eigenvalue weighted by Gasteiger charge is -2.08. The highest BCUT2D eigenvalue weighted by molar-refractivity contribution is 5.92. The van der Waals surface area contributed by atoms with Gasteiger partial charge in [0.05, 0.1) is 17.6 Å². The largest absolute Gasteiger partial charge is 0.507 e. The van der Waals surface area contributed by atoms with E-state index in [-0.39, 0.29) is 12.4 Å². The molecule has 0 unspecified atom stereocenters. The molecule has 7 nitrogen and oxygen atoms in total. The van der Waals surface area contributed by atoms with Gasteiger partial charge in [0.25, 0.3) is 5.91 Å². The van der Waals surface area contributed by atoms with E-state index in [9.17, 15) is 9.90 Å². The Balaban J connectivity index is 1.36. The number of phenolic OH excluding ortho intramolecular Hbond substituents is 1. The first-order valence-electron chi connectivity index (χ1n) is 11.3. The minimum absolute atomic E-state index is 0.00796. The predicted molar refractivity (Wildman–Crippen MR) is 138 cm³/mol. The highest BCUT2D eigenvalue weighted by Crippen LogP contribution is 2.28. The summed E-state index contributed by atoms with van der Waals surface area (Å²) in [6.45, 7) is 4.05. The fourth-order valence-electron chi connectivity index (χ4n) is 3.42. The van der Waals surface area contributed by atoms with Crippen LogP contribution in [0.3, 0.4) is 0 Å². The van der Waals surface area contributed by atoms with E-state index >= 15 is 0 Å². The minimum atomic E-state index is -0.416. The molecule has 0 saturated heterocycles. The zero-order valence-corrected chi connectivity index (χ0v) is 19.6. The first kappa shape index (κ1) is 23.6. The fourth-order valence-corrected chi connectivity index (χ4v) is 3.42. The molecule has 0 atom stereocenters. The number of amides is 1. The average Bonchev–Trinajstić information content (AvgIpc) is 2.88. The van der Waals surface area contributed by atoms with E-state index in [1.807, 2.05) is 66.7 Å². The first-order chi connectivity index (χ1) is 17.0. The summed E-state index contributed by atoms with van der Waals surface area (Å²) < 4.78 is 5.49.